The van der Waals surface area contributed by atoms with Gasteiger partial charge in [-0.25, -0.2) is 13.1 Å². The molecule has 0 atom stereocenters. The average molecular weight is 258 g/mol. The number of hydrogen-bond acceptors (Lipinski definition) is 3. The van der Waals surface area contributed by atoms with Gasteiger partial charge >= 0.3 is 0 Å². The number of sulfonamides is 1. The summed E-state index contributed by atoms with van der Waals surface area (Å²) in [6, 6.07) is 0.841. The van der Waals surface area contributed by atoms with Crippen LogP contribution in [0, 0.1) is 11.8 Å². The Hall–Kier alpha value is -0.130. The molecule has 0 aromatic rings. The number of rotatable bonds is 8. The highest BCUT2D eigenvalue weighted by atomic mass is 32.2. The van der Waals surface area contributed by atoms with Crippen LogP contribution in [0.3, 0.4) is 0 Å². The summed E-state index contributed by atoms with van der Waals surface area (Å²) in [7, 11) is -3.07. The molecule has 2 N–H and O–H groups in total. The minimum absolute atomic E-state index is 0.236. The summed E-state index contributed by atoms with van der Waals surface area (Å²) in [6.45, 7) is 0.599. The van der Waals surface area contributed by atoms with Gasteiger partial charge in [-0.15, -0.1) is 0 Å². The van der Waals surface area contributed by atoms with E-state index in [-0.39, 0.29) is 11.8 Å². The molecule has 0 unspecified atom stereocenters. The summed E-state index contributed by atoms with van der Waals surface area (Å²) in [5.41, 5.74) is 0. The molecule has 0 saturated heterocycles. The minimum Gasteiger partial charge on any atom is -0.313 e. The first-order valence-corrected chi connectivity index (χ1v) is 8.53. The Labute approximate surface area is 104 Å². The molecule has 3 saturated carbocycles. The van der Waals surface area contributed by atoms with Crippen LogP contribution in [0.1, 0.15) is 38.5 Å². The molecule has 0 amide bonds. The van der Waals surface area contributed by atoms with E-state index in [1.54, 1.807) is 0 Å². The summed E-state index contributed by atoms with van der Waals surface area (Å²) >= 11 is 0. The third-order valence-electron chi connectivity index (χ3n) is 3.96. The van der Waals surface area contributed by atoms with Gasteiger partial charge in [-0.3, -0.25) is 0 Å². The van der Waals surface area contributed by atoms with Crippen molar-refractivity contribution in [3.8, 4) is 0 Å². The van der Waals surface area contributed by atoms with Gasteiger partial charge in [-0.05, 0) is 50.4 Å². The molecular formula is C12H22N2O2S. The second-order valence-corrected chi connectivity index (χ2v) is 7.74. The van der Waals surface area contributed by atoms with Crippen molar-refractivity contribution < 1.29 is 8.42 Å². The summed E-state index contributed by atoms with van der Waals surface area (Å²) in [6.07, 6.45) is 7.27. The van der Waals surface area contributed by atoms with Crippen LogP contribution in [0.4, 0.5) is 0 Å². The van der Waals surface area contributed by atoms with Gasteiger partial charge in [-0.1, -0.05) is 0 Å². The quantitative estimate of drug-likeness (QED) is 0.678. The maximum absolute atomic E-state index is 12.0. The van der Waals surface area contributed by atoms with Crippen molar-refractivity contribution in [2.24, 2.45) is 11.8 Å². The molecule has 0 spiro atoms. The summed E-state index contributed by atoms with van der Waals surface area (Å²) in [5, 5.41) is 3.26. The Balaban J connectivity index is 1.46. The van der Waals surface area contributed by atoms with Crippen molar-refractivity contribution in [2.75, 3.05) is 12.3 Å². The van der Waals surface area contributed by atoms with Gasteiger partial charge in [0.15, 0.2) is 0 Å². The normalized spacial score (nSPS) is 25.5. The van der Waals surface area contributed by atoms with E-state index in [0.717, 1.165) is 0 Å². The predicted molar refractivity (Wildman–Crippen MR) is 67.2 cm³/mol. The van der Waals surface area contributed by atoms with Crippen molar-refractivity contribution in [1.29, 1.82) is 0 Å². The van der Waals surface area contributed by atoms with Gasteiger partial charge in [-0.2, -0.15) is 0 Å². The van der Waals surface area contributed by atoms with Crippen LogP contribution in [0.2, 0.25) is 0 Å². The van der Waals surface area contributed by atoms with Crippen LogP contribution in [-0.4, -0.2) is 32.8 Å². The van der Waals surface area contributed by atoms with Crippen molar-refractivity contribution in [1.82, 2.24) is 10.0 Å². The average Bonchev–Trinajstić information content (AvgIpc) is 3.13. The van der Waals surface area contributed by atoms with Crippen molar-refractivity contribution in [2.45, 2.75) is 50.6 Å². The Kier molecular flexibility index (Phi) is 3.17. The summed E-state index contributed by atoms with van der Waals surface area (Å²) < 4.78 is 26.9. The van der Waals surface area contributed by atoms with Crippen LogP contribution in [0.5, 0.6) is 0 Å². The fourth-order valence-corrected chi connectivity index (χ4v) is 3.74. The molecule has 3 fully saturated rings. The summed E-state index contributed by atoms with van der Waals surface area (Å²) in [5.74, 6) is 1.50. The van der Waals surface area contributed by atoms with Gasteiger partial charge in [0.2, 0.25) is 10.0 Å². The SMILES string of the molecule is O=S(=O)(CCNC1CC1)NC(C1CC1)C1CC1. The standard InChI is InChI=1S/C12H22N2O2S/c15-17(16,8-7-13-11-5-6-11)14-12(9-1-2-9)10-3-4-10/h9-14H,1-8H2. The highest BCUT2D eigenvalue weighted by molar-refractivity contribution is 7.89. The monoisotopic (exact) mass is 258 g/mol. The molecule has 0 bridgehead atoms. The first-order valence-electron chi connectivity index (χ1n) is 6.87. The topological polar surface area (TPSA) is 58.2 Å². The van der Waals surface area contributed by atoms with Crippen LogP contribution in [0.25, 0.3) is 0 Å². The summed E-state index contributed by atoms with van der Waals surface area (Å²) in [4.78, 5) is 0. The molecule has 5 heteroatoms. The Morgan fingerprint density at radius 2 is 1.59 bits per heavy atom. The third kappa shape index (κ3) is 3.66. The smallest absolute Gasteiger partial charge is 0.213 e. The maximum atomic E-state index is 12.0. The van der Waals surface area contributed by atoms with Crippen LogP contribution < -0.4 is 10.0 Å². The van der Waals surface area contributed by atoms with E-state index >= 15 is 0 Å². The van der Waals surface area contributed by atoms with Gasteiger partial charge < -0.3 is 5.32 Å². The second kappa shape index (κ2) is 4.52. The Bertz CT molecular complexity index is 358. The molecular weight excluding hydrogens is 236 g/mol. The van der Waals surface area contributed by atoms with Crippen molar-refractivity contribution in [3.05, 3.63) is 0 Å². The van der Waals surface area contributed by atoms with Crippen LogP contribution >= 0.6 is 0 Å². The number of hydrogen-bond donors (Lipinski definition) is 2. The molecule has 3 aliphatic carbocycles. The highest BCUT2D eigenvalue weighted by Gasteiger charge is 2.43. The molecule has 4 nitrogen and oxygen atoms in total. The van der Waals surface area contributed by atoms with E-state index < -0.39 is 10.0 Å². The van der Waals surface area contributed by atoms with E-state index in [1.165, 1.54) is 38.5 Å². The molecule has 3 aliphatic rings. The van der Waals surface area contributed by atoms with Gasteiger partial charge in [0.1, 0.15) is 0 Å². The highest BCUT2D eigenvalue weighted by Crippen LogP contribution is 2.44. The molecule has 0 radical (unpaired) electrons. The Morgan fingerprint density at radius 3 is 2.06 bits per heavy atom. The van der Waals surface area contributed by atoms with E-state index in [4.69, 9.17) is 0 Å². The van der Waals surface area contributed by atoms with Gasteiger partial charge in [0.25, 0.3) is 0 Å². The lowest BCUT2D eigenvalue weighted by atomic mass is 10.1. The minimum atomic E-state index is -3.07. The zero-order valence-electron chi connectivity index (χ0n) is 10.2. The van der Waals surface area contributed by atoms with Crippen LogP contribution in [-0.2, 0) is 10.0 Å². The predicted octanol–water partition coefficient (Wildman–Crippen LogP) is 0.846. The fourth-order valence-electron chi connectivity index (χ4n) is 2.44. The lowest BCUT2D eigenvalue weighted by Gasteiger charge is -2.17. The van der Waals surface area contributed by atoms with Crippen LogP contribution in [0.15, 0.2) is 0 Å². The van der Waals surface area contributed by atoms with E-state index in [9.17, 15) is 8.42 Å². The molecule has 0 aliphatic heterocycles. The molecule has 17 heavy (non-hydrogen) atoms. The van der Waals surface area contributed by atoms with Gasteiger partial charge in [0.05, 0.1) is 5.75 Å². The second-order valence-electron chi connectivity index (χ2n) is 5.87. The first kappa shape index (κ1) is 11.9. The molecule has 0 aromatic carbocycles. The van der Waals surface area contributed by atoms with Crippen molar-refractivity contribution >= 4 is 10.0 Å². The third-order valence-corrected chi connectivity index (χ3v) is 5.33. The van der Waals surface area contributed by atoms with E-state index in [1.807, 2.05) is 0 Å². The lowest BCUT2D eigenvalue weighted by Crippen LogP contribution is -2.41. The molecule has 0 heterocycles. The fraction of sp³-hybridized carbons (Fsp3) is 1.00. The largest absolute Gasteiger partial charge is 0.313 e. The maximum Gasteiger partial charge on any atom is 0.213 e. The van der Waals surface area contributed by atoms with Crippen molar-refractivity contribution in [3.63, 3.8) is 0 Å². The Morgan fingerprint density at radius 1 is 1.00 bits per heavy atom. The molecule has 98 valence electrons. The molecule has 3 rings (SSSR count). The van der Waals surface area contributed by atoms with Gasteiger partial charge in [0, 0.05) is 18.6 Å². The number of nitrogens with one attached hydrogen (secondary N) is 2. The van der Waals surface area contributed by atoms with E-state index in [2.05, 4.69) is 10.0 Å². The zero-order chi connectivity index (χ0) is 11.9. The lowest BCUT2D eigenvalue weighted by molar-refractivity contribution is 0.470. The molecule has 0 aromatic heterocycles. The van der Waals surface area contributed by atoms with E-state index in [0.29, 0.717) is 24.4 Å². The zero-order valence-corrected chi connectivity index (χ0v) is 11.0. The first-order chi connectivity index (χ1) is 8.14.